The molecule has 0 radical (unpaired) electrons. The first-order chi connectivity index (χ1) is 8.82. The summed E-state index contributed by atoms with van der Waals surface area (Å²) in [6.07, 6.45) is 0. The fraction of sp³-hybridized carbons (Fsp3) is 0.333. The predicted octanol–water partition coefficient (Wildman–Crippen LogP) is 5.55. The van der Waals surface area contributed by atoms with Gasteiger partial charge in [-0.1, -0.05) is 6.07 Å². The third-order valence-electron chi connectivity index (χ3n) is 3.75. The third kappa shape index (κ3) is 2.82. The van der Waals surface area contributed by atoms with Crippen LogP contribution in [0.2, 0.25) is 0 Å². The lowest BCUT2D eigenvalue weighted by Crippen LogP contribution is -2.16. The van der Waals surface area contributed by atoms with E-state index in [4.69, 9.17) is 5.73 Å². The van der Waals surface area contributed by atoms with Gasteiger partial charge in [-0.25, -0.2) is 0 Å². The Kier molecular flexibility index (Phi) is 4.56. The molecule has 0 aliphatic rings. The molecule has 19 heavy (non-hydrogen) atoms. The Bertz CT molecular complexity index is 605. The number of hydrogen-bond donors (Lipinski definition) is 1. The summed E-state index contributed by atoms with van der Waals surface area (Å²) in [5, 5.41) is 0. The van der Waals surface area contributed by atoms with Crippen molar-refractivity contribution < 1.29 is 0 Å². The first-order valence-electron chi connectivity index (χ1n) is 6.10. The number of aryl methyl sites for hydroxylation is 2. The van der Waals surface area contributed by atoms with Gasteiger partial charge >= 0.3 is 0 Å². The Balaban J connectivity index is 2.62. The number of rotatable bonds is 2. The van der Waals surface area contributed by atoms with Crippen molar-refractivity contribution in [3.05, 3.63) is 53.1 Å². The van der Waals surface area contributed by atoms with Crippen LogP contribution in [0.25, 0.3) is 0 Å². The highest BCUT2D eigenvalue weighted by atomic mass is 79.9. The maximum atomic E-state index is 6.53. The first kappa shape index (κ1) is 15.2. The zero-order valence-corrected chi connectivity index (χ0v) is 15.5. The Labute approximate surface area is 135 Å². The van der Waals surface area contributed by atoms with E-state index in [-0.39, 0.29) is 6.04 Å². The summed E-state index contributed by atoms with van der Waals surface area (Å²) < 4.78 is 2.20. The van der Waals surface area contributed by atoms with Gasteiger partial charge < -0.3 is 5.73 Å². The highest BCUT2D eigenvalue weighted by Gasteiger charge is 2.20. The Morgan fingerprint density at radius 3 is 1.95 bits per heavy atom. The van der Waals surface area contributed by atoms with E-state index in [1.54, 1.807) is 11.3 Å². The number of benzene rings is 1. The van der Waals surface area contributed by atoms with E-state index in [0.29, 0.717) is 0 Å². The van der Waals surface area contributed by atoms with Crippen LogP contribution in [0.15, 0.2) is 19.7 Å². The number of nitrogens with two attached hydrogens (primary N) is 1. The Hall–Kier alpha value is -0.160. The molecule has 2 aromatic rings. The Morgan fingerprint density at radius 1 is 1.00 bits per heavy atom. The molecule has 0 bridgehead atoms. The van der Waals surface area contributed by atoms with Crippen molar-refractivity contribution in [1.82, 2.24) is 0 Å². The maximum absolute atomic E-state index is 6.53. The lowest BCUT2D eigenvalue weighted by Gasteiger charge is -2.21. The topological polar surface area (TPSA) is 26.0 Å². The zero-order chi connectivity index (χ0) is 14.3. The molecule has 1 unspecified atom stereocenters. The van der Waals surface area contributed by atoms with Gasteiger partial charge in [0.25, 0.3) is 0 Å². The summed E-state index contributed by atoms with van der Waals surface area (Å²) in [5.74, 6) is 0. The largest absolute Gasteiger partial charge is 0.320 e. The van der Waals surface area contributed by atoms with E-state index in [1.807, 2.05) is 0 Å². The molecule has 1 aromatic heterocycles. The number of hydrogen-bond acceptors (Lipinski definition) is 2. The molecule has 2 N–H and O–H groups in total. The summed E-state index contributed by atoms with van der Waals surface area (Å²) in [6.45, 7) is 8.62. The van der Waals surface area contributed by atoms with Gasteiger partial charge in [-0.2, -0.15) is 0 Å². The minimum Gasteiger partial charge on any atom is -0.320 e. The smallest absolute Gasteiger partial charge is 0.0761 e. The molecule has 0 aliphatic carbocycles. The van der Waals surface area contributed by atoms with Gasteiger partial charge in [0.2, 0.25) is 0 Å². The molecule has 1 atom stereocenters. The lowest BCUT2D eigenvalue weighted by atomic mass is 9.88. The third-order valence-corrected chi connectivity index (χ3v) is 6.14. The van der Waals surface area contributed by atoms with E-state index in [0.717, 1.165) is 13.1 Å². The number of thiophene rings is 1. The molecule has 1 heterocycles. The van der Waals surface area contributed by atoms with Crippen molar-refractivity contribution in [2.24, 2.45) is 5.73 Å². The second-order valence-corrected chi connectivity index (χ2v) is 8.68. The van der Waals surface area contributed by atoms with E-state index in [1.165, 1.54) is 27.8 Å². The van der Waals surface area contributed by atoms with E-state index in [2.05, 4.69) is 71.7 Å². The van der Waals surface area contributed by atoms with E-state index < -0.39 is 0 Å². The van der Waals surface area contributed by atoms with Crippen LogP contribution in [0.3, 0.4) is 0 Å². The van der Waals surface area contributed by atoms with E-state index in [9.17, 15) is 0 Å². The van der Waals surface area contributed by atoms with Crippen LogP contribution in [0.4, 0.5) is 0 Å². The summed E-state index contributed by atoms with van der Waals surface area (Å²) in [4.78, 5) is 0. The van der Waals surface area contributed by atoms with Gasteiger partial charge in [-0.3, -0.25) is 0 Å². The molecule has 0 saturated carbocycles. The van der Waals surface area contributed by atoms with Crippen LogP contribution in [-0.2, 0) is 0 Å². The zero-order valence-electron chi connectivity index (χ0n) is 11.5. The molecule has 0 amide bonds. The van der Waals surface area contributed by atoms with Crippen LogP contribution in [0, 0.1) is 27.7 Å². The summed E-state index contributed by atoms with van der Waals surface area (Å²) in [6, 6.07) is 4.26. The van der Waals surface area contributed by atoms with Crippen LogP contribution >= 0.6 is 43.2 Å². The van der Waals surface area contributed by atoms with Crippen molar-refractivity contribution in [3.8, 4) is 0 Å². The van der Waals surface area contributed by atoms with Crippen molar-refractivity contribution in [3.63, 3.8) is 0 Å². The molecule has 0 aliphatic heterocycles. The minimum absolute atomic E-state index is 0.0875. The average Bonchev–Trinajstić information content (AvgIpc) is 2.66. The van der Waals surface area contributed by atoms with Gasteiger partial charge in [0, 0.05) is 0 Å². The normalized spacial score (nSPS) is 12.8. The highest BCUT2D eigenvalue weighted by Crippen LogP contribution is 2.39. The van der Waals surface area contributed by atoms with Gasteiger partial charge in [-0.05, 0) is 99.0 Å². The van der Waals surface area contributed by atoms with Gasteiger partial charge in [0.1, 0.15) is 0 Å². The fourth-order valence-electron chi connectivity index (χ4n) is 2.43. The minimum atomic E-state index is -0.0875. The number of halogens is 2. The summed E-state index contributed by atoms with van der Waals surface area (Å²) in [7, 11) is 0. The summed E-state index contributed by atoms with van der Waals surface area (Å²) in [5.41, 5.74) is 14.1. The molecule has 0 saturated heterocycles. The average molecular weight is 403 g/mol. The molecule has 1 nitrogen and oxygen atoms in total. The standard InChI is InChI=1S/C15H17Br2NS/c1-7-5-8(2)10(4)13(9(7)3)14(18)11-6-12(16)19-15(11)17/h5-6,14H,18H2,1-4H3. The van der Waals surface area contributed by atoms with Gasteiger partial charge in [0.15, 0.2) is 0 Å². The van der Waals surface area contributed by atoms with Crippen molar-refractivity contribution in [2.75, 3.05) is 0 Å². The molecule has 1 aromatic carbocycles. The molecular formula is C15H17Br2NS. The molecule has 0 fully saturated rings. The van der Waals surface area contributed by atoms with Crippen molar-refractivity contribution in [2.45, 2.75) is 33.7 Å². The quantitative estimate of drug-likeness (QED) is 0.699. The Morgan fingerprint density at radius 2 is 1.53 bits per heavy atom. The summed E-state index contributed by atoms with van der Waals surface area (Å²) >= 11 is 8.80. The monoisotopic (exact) mass is 401 g/mol. The molecule has 0 spiro atoms. The molecule has 4 heteroatoms. The molecule has 102 valence electrons. The van der Waals surface area contributed by atoms with Crippen LogP contribution in [0.5, 0.6) is 0 Å². The highest BCUT2D eigenvalue weighted by molar-refractivity contribution is 9.12. The molecule has 2 rings (SSSR count). The molecular weight excluding hydrogens is 386 g/mol. The van der Waals surface area contributed by atoms with Gasteiger partial charge in [-0.15, -0.1) is 11.3 Å². The van der Waals surface area contributed by atoms with Crippen LogP contribution < -0.4 is 5.73 Å². The van der Waals surface area contributed by atoms with E-state index >= 15 is 0 Å². The lowest BCUT2D eigenvalue weighted by molar-refractivity contribution is 0.846. The van der Waals surface area contributed by atoms with Crippen LogP contribution in [-0.4, -0.2) is 0 Å². The second kappa shape index (κ2) is 5.68. The van der Waals surface area contributed by atoms with Crippen molar-refractivity contribution in [1.29, 1.82) is 0 Å². The first-order valence-corrected chi connectivity index (χ1v) is 8.50. The maximum Gasteiger partial charge on any atom is 0.0761 e. The second-order valence-electron chi connectivity index (χ2n) is 4.93. The SMILES string of the molecule is Cc1cc(C)c(C)c(C(N)c2cc(Br)sc2Br)c1C. The van der Waals surface area contributed by atoms with Crippen LogP contribution in [0.1, 0.15) is 39.4 Å². The van der Waals surface area contributed by atoms with Crippen molar-refractivity contribution >= 4 is 43.2 Å². The van der Waals surface area contributed by atoms with Gasteiger partial charge in [0.05, 0.1) is 13.6 Å². The predicted molar refractivity (Wildman–Crippen MR) is 91.1 cm³/mol. The fourth-order valence-corrected chi connectivity index (χ4v) is 5.36.